The first-order chi connectivity index (χ1) is 13.4. The standard InChI is InChI=1S/C18H25F2N3O4S/c19-18(20)27-16-8-4-3-7-15(16)17(24)21-11-13-23(14-12-21)28(25,26)22-9-5-1-2-6-10-22/h3-4,7-8,18H,1-2,5-6,9-14H2. The van der Waals surface area contributed by atoms with Crippen LogP contribution in [0.5, 0.6) is 5.75 Å². The third-order valence-corrected chi connectivity index (χ3v) is 7.11. The van der Waals surface area contributed by atoms with Crippen LogP contribution in [-0.4, -0.2) is 73.7 Å². The maximum atomic E-state index is 12.9. The van der Waals surface area contributed by atoms with Gasteiger partial charge in [0.25, 0.3) is 16.1 Å². The number of carbonyl (C=O) groups is 1. The first-order valence-electron chi connectivity index (χ1n) is 9.48. The summed E-state index contributed by atoms with van der Waals surface area (Å²) in [7, 11) is -3.54. The van der Waals surface area contributed by atoms with Gasteiger partial charge in [-0.05, 0) is 25.0 Å². The molecule has 28 heavy (non-hydrogen) atoms. The maximum absolute atomic E-state index is 12.9. The molecule has 2 aliphatic rings. The molecule has 2 heterocycles. The van der Waals surface area contributed by atoms with Gasteiger partial charge in [-0.3, -0.25) is 4.79 Å². The minimum atomic E-state index is -3.54. The lowest BCUT2D eigenvalue weighted by Crippen LogP contribution is -2.54. The average Bonchev–Trinajstić information content (AvgIpc) is 2.98. The van der Waals surface area contributed by atoms with E-state index in [9.17, 15) is 22.0 Å². The van der Waals surface area contributed by atoms with Crippen LogP contribution in [0.4, 0.5) is 8.78 Å². The molecule has 0 bridgehead atoms. The van der Waals surface area contributed by atoms with Gasteiger partial charge in [-0.15, -0.1) is 0 Å². The molecular formula is C18H25F2N3O4S. The van der Waals surface area contributed by atoms with Crippen molar-refractivity contribution in [3.8, 4) is 5.75 Å². The molecule has 7 nitrogen and oxygen atoms in total. The lowest BCUT2D eigenvalue weighted by molar-refractivity contribution is -0.0503. The first-order valence-corrected chi connectivity index (χ1v) is 10.9. The third-order valence-electron chi connectivity index (χ3n) is 5.08. The summed E-state index contributed by atoms with van der Waals surface area (Å²) in [5.41, 5.74) is 0.0478. The number of carbonyl (C=O) groups excluding carboxylic acids is 1. The Morgan fingerprint density at radius 1 is 0.893 bits per heavy atom. The molecule has 0 spiro atoms. The predicted octanol–water partition coefficient (Wildman–Crippen LogP) is 2.17. The van der Waals surface area contributed by atoms with Gasteiger partial charge in [0.15, 0.2) is 0 Å². The van der Waals surface area contributed by atoms with Gasteiger partial charge >= 0.3 is 6.61 Å². The number of hydrogen-bond acceptors (Lipinski definition) is 4. The van der Waals surface area contributed by atoms with Crippen molar-refractivity contribution < 1.29 is 26.7 Å². The Morgan fingerprint density at radius 3 is 2.07 bits per heavy atom. The summed E-state index contributed by atoms with van der Waals surface area (Å²) in [5, 5.41) is 0. The van der Waals surface area contributed by atoms with Crippen molar-refractivity contribution >= 4 is 16.1 Å². The van der Waals surface area contributed by atoms with Gasteiger partial charge in [0, 0.05) is 39.3 Å². The van der Waals surface area contributed by atoms with Gasteiger partial charge in [0.2, 0.25) is 0 Å². The molecule has 0 saturated carbocycles. The number of amides is 1. The third kappa shape index (κ3) is 4.79. The topological polar surface area (TPSA) is 70.2 Å². The second kappa shape index (κ2) is 9.15. The molecule has 0 atom stereocenters. The van der Waals surface area contributed by atoms with E-state index in [1.54, 1.807) is 6.07 Å². The average molecular weight is 417 g/mol. The highest BCUT2D eigenvalue weighted by molar-refractivity contribution is 7.86. The van der Waals surface area contributed by atoms with Crippen molar-refractivity contribution in [3.05, 3.63) is 29.8 Å². The van der Waals surface area contributed by atoms with Gasteiger partial charge in [0.1, 0.15) is 5.75 Å². The zero-order valence-corrected chi connectivity index (χ0v) is 16.4. The van der Waals surface area contributed by atoms with Crippen LogP contribution < -0.4 is 4.74 Å². The van der Waals surface area contributed by atoms with Gasteiger partial charge in [-0.2, -0.15) is 25.8 Å². The number of halogens is 2. The Kier molecular flexibility index (Phi) is 6.84. The molecule has 2 fully saturated rings. The summed E-state index contributed by atoms with van der Waals surface area (Å²) in [6.45, 7) is -1.20. The molecule has 1 aromatic rings. The van der Waals surface area contributed by atoms with Gasteiger partial charge in [-0.25, -0.2) is 0 Å². The molecule has 0 unspecified atom stereocenters. The smallest absolute Gasteiger partial charge is 0.387 e. The quantitative estimate of drug-likeness (QED) is 0.736. The molecule has 0 aliphatic carbocycles. The van der Waals surface area contributed by atoms with E-state index in [0.29, 0.717) is 13.1 Å². The SMILES string of the molecule is O=C(c1ccccc1OC(F)F)N1CCN(S(=O)(=O)N2CCCCCC2)CC1. The lowest BCUT2D eigenvalue weighted by Gasteiger charge is -2.36. The monoisotopic (exact) mass is 417 g/mol. The first kappa shape index (κ1) is 20.9. The fourth-order valence-electron chi connectivity index (χ4n) is 3.57. The predicted molar refractivity (Wildman–Crippen MR) is 99.5 cm³/mol. The van der Waals surface area contributed by atoms with Crippen LogP contribution in [0, 0.1) is 0 Å². The van der Waals surface area contributed by atoms with E-state index < -0.39 is 22.7 Å². The highest BCUT2D eigenvalue weighted by atomic mass is 32.2. The van der Waals surface area contributed by atoms with Gasteiger partial charge < -0.3 is 9.64 Å². The summed E-state index contributed by atoms with van der Waals surface area (Å²) < 4.78 is 58.2. The normalized spacial score (nSPS) is 20.2. The highest BCUT2D eigenvalue weighted by Gasteiger charge is 2.34. The number of piperazine rings is 1. The molecule has 3 rings (SSSR count). The second-order valence-electron chi connectivity index (χ2n) is 6.89. The molecule has 1 amide bonds. The number of ether oxygens (including phenoxy) is 1. The summed E-state index contributed by atoms with van der Waals surface area (Å²) >= 11 is 0. The zero-order chi connectivity index (χ0) is 20.1. The number of hydrogen-bond donors (Lipinski definition) is 0. The van der Waals surface area contributed by atoms with Crippen LogP contribution in [0.3, 0.4) is 0 Å². The van der Waals surface area contributed by atoms with Crippen molar-refractivity contribution in [1.29, 1.82) is 0 Å². The molecule has 0 aromatic heterocycles. The maximum Gasteiger partial charge on any atom is 0.387 e. The van der Waals surface area contributed by atoms with Crippen LogP contribution in [0.25, 0.3) is 0 Å². The molecule has 2 saturated heterocycles. The fourth-order valence-corrected chi connectivity index (χ4v) is 5.24. The van der Waals surface area contributed by atoms with E-state index >= 15 is 0 Å². The number of nitrogens with zero attached hydrogens (tertiary/aromatic N) is 3. The van der Waals surface area contributed by atoms with Crippen molar-refractivity contribution in [2.45, 2.75) is 32.3 Å². The minimum Gasteiger partial charge on any atom is -0.434 e. The second-order valence-corrected chi connectivity index (χ2v) is 8.82. The number of alkyl halides is 2. The summed E-state index contributed by atoms with van der Waals surface area (Å²) in [5.74, 6) is -0.620. The molecule has 0 radical (unpaired) electrons. The highest BCUT2D eigenvalue weighted by Crippen LogP contribution is 2.23. The van der Waals surface area contributed by atoms with E-state index in [4.69, 9.17) is 0 Å². The fraction of sp³-hybridized carbons (Fsp3) is 0.611. The van der Waals surface area contributed by atoms with Crippen molar-refractivity contribution in [1.82, 2.24) is 13.5 Å². The van der Waals surface area contributed by atoms with Gasteiger partial charge in [-0.1, -0.05) is 25.0 Å². The summed E-state index contributed by atoms with van der Waals surface area (Å²) in [6.07, 6.45) is 3.79. The van der Waals surface area contributed by atoms with Crippen molar-refractivity contribution in [2.75, 3.05) is 39.3 Å². The number of para-hydroxylation sites is 1. The Morgan fingerprint density at radius 2 is 1.46 bits per heavy atom. The molecule has 10 heteroatoms. The van der Waals surface area contributed by atoms with Crippen LogP contribution in [0.1, 0.15) is 36.0 Å². The largest absolute Gasteiger partial charge is 0.434 e. The van der Waals surface area contributed by atoms with Crippen molar-refractivity contribution in [3.63, 3.8) is 0 Å². The van der Waals surface area contributed by atoms with E-state index in [1.165, 1.54) is 31.7 Å². The van der Waals surface area contributed by atoms with E-state index in [0.717, 1.165) is 25.7 Å². The van der Waals surface area contributed by atoms with E-state index in [1.807, 2.05) is 0 Å². The molecule has 1 aromatic carbocycles. The van der Waals surface area contributed by atoms with Crippen molar-refractivity contribution in [2.24, 2.45) is 0 Å². The molecule has 156 valence electrons. The van der Waals surface area contributed by atoms with E-state index in [-0.39, 0.29) is 37.5 Å². The van der Waals surface area contributed by atoms with Crippen LogP contribution >= 0.6 is 0 Å². The number of rotatable bonds is 5. The Bertz CT molecular complexity index is 775. The van der Waals surface area contributed by atoms with Crippen LogP contribution in [-0.2, 0) is 10.2 Å². The van der Waals surface area contributed by atoms with Crippen LogP contribution in [0.2, 0.25) is 0 Å². The molecule has 2 aliphatic heterocycles. The lowest BCUT2D eigenvalue weighted by atomic mass is 10.1. The summed E-state index contributed by atoms with van der Waals surface area (Å²) in [6, 6.07) is 5.84. The minimum absolute atomic E-state index is 0.0478. The Labute approximate surface area is 164 Å². The Hall–Kier alpha value is -1.78. The molecule has 0 N–H and O–H groups in total. The van der Waals surface area contributed by atoms with Gasteiger partial charge in [0.05, 0.1) is 5.56 Å². The molecular weight excluding hydrogens is 392 g/mol. The zero-order valence-electron chi connectivity index (χ0n) is 15.6. The summed E-state index contributed by atoms with van der Waals surface area (Å²) in [4.78, 5) is 14.2. The Balaban J connectivity index is 1.64. The van der Waals surface area contributed by atoms with E-state index in [2.05, 4.69) is 4.74 Å². The van der Waals surface area contributed by atoms with Crippen LogP contribution in [0.15, 0.2) is 24.3 Å². The number of benzene rings is 1.